The number of hydrogen-bond acceptors (Lipinski definition) is 5. The zero-order valence-electron chi connectivity index (χ0n) is 13.3. The van der Waals surface area contributed by atoms with Crippen molar-refractivity contribution in [3.63, 3.8) is 0 Å². The summed E-state index contributed by atoms with van der Waals surface area (Å²) in [5, 5.41) is 3.39. The van der Waals surface area contributed by atoms with Gasteiger partial charge in [-0.05, 0) is 31.0 Å². The van der Waals surface area contributed by atoms with Gasteiger partial charge in [0.15, 0.2) is 11.5 Å². The fourth-order valence-electron chi connectivity index (χ4n) is 2.95. The Balaban J connectivity index is 2.17. The number of nitrogens with zero attached hydrogens (tertiary/aromatic N) is 1. The average Bonchev–Trinajstić information content (AvgIpc) is 2.55. The molecule has 0 radical (unpaired) electrons. The van der Waals surface area contributed by atoms with Crippen LogP contribution in [0.25, 0.3) is 0 Å². The highest BCUT2D eigenvalue weighted by Gasteiger charge is 2.31. The van der Waals surface area contributed by atoms with Crippen molar-refractivity contribution in [1.29, 1.82) is 0 Å². The zero-order chi connectivity index (χ0) is 15.3. The van der Waals surface area contributed by atoms with E-state index >= 15 is 0 Å². The smallest absolute Gasteiger partial charge is 0.160 e. The lowest BCUT2D eigenvalue weighted by Gasteiger charge is -2.43. The van der Waals surface area contributed by atoms with E-state index in [4.69, 9.17) is 15.2 Å². The second-order valence-corrected chi connectivity index (χ2v) is 5.80. The molecule has 0 spiro atoms. The van der Waals surface area contributed by atoms with Crippen molar-refractivity contribution < 1.29 is 9.47 Å². The molecular formula is C16H27N3O2. The Labute approximate surface area is 127 Å². The SMILES string of the molecule is COc1ccc(CC(C)(CN)N2CCNCC2)cc1OC. The van der Waals surface area contributed by atoms with Gasteiger partial charge in [-0.15, -0.1) is 0 Å². The molecule has 0 saturated carbocycles. The molecule has 0 aromatic heterocycles. The molecule has 0 bridgehead atoms. The van der Waals surface area contributed by atoms with E-state index in [1.54, 1.807) is 14.2 Å². The molecule has 1 aromatic rings. The largest absolute Gasteiger partial charge is 0.493 e. The van der Waals surface area contributed by atoms with Gasteiger partial charge in [0.05, 0.1) is 14.2 Å². The molecule has 1 aromatic carbocycles. The lowest BCUT2D eigenvalue weighted by molar-refractivity contribution is 0.0945. The van der Waals surface area contributed by atoms with E-state index in [2.05, 4.69) is 29.3 Å². The first-order chi connectivity index (χ1) is 10.1. The molecule has 3 N–H and O–H groups in total. The van der Waals surface area contributed by atoms with Crippen molar-refractivity contribution in [2.75, 3.05) is 46.9 Å². The summed E-state index contributed by atoms with van der Waals surface area (Å²) < 4.78 is 10.7. The van der Waals surface area contributed by atoms with Gasteiger partial charge in [0.2, 0.25) is 0 Å². The third-order valence-corrected chi connectivity index (χ3v) is 4.35. The van der Waals surface area contributed by atoms with E-state index in [0.29, 0.717) is 6.54 Å². The van der Waals surface area contributed by atoms with Crippen LogP contribution in [-0.2, 0) is 6.42 Å². The maximum atomic E-state index is 6.09. The summed E-state index contributed by atoms with van der Waals surface area (Å²) in [5.74, 6) is 1.53. The maximum absolute atomic E-state index is 6.09. The molecule has 2 rings (SSSR count). The Morgan fingerprint density at radius 3 is 2.43 bits per heavy atom. The lowest BCUT2D eigenvalue weighted by atomic mass is 9.90. The Hall–Kier alpha value is -1.30. The van der Waals surface area contributed by atoms with E-state index in [1.165, 1.54) is 5.56 Å². The number of rotatable bonds is 6. The fourth-order valence-corrected chi connectivity index (χ4v) is 2.95. The second kappa shape index (κ2) is 7.11. The van der Waals surface area contributed by atoms with Crippen LogP contribution in [0.1, 0.15) is 12.5 Å². The minimum Gasteiger partial charge on any atom is -0.493 e. The summed E-state index contributed by atoms with van der Waals surface area (Å²) in [6.07, 6.45) is 0.907. The van der Waals surface area contributed by atoms with Gasteiger partial charge in [0.1, 0.15) is 0 Å². The molecule has 0 aliphatic carbocycles. The molecule has 21 heavy (non-hydrogen) atoms. The maximum Gasteiger partial charge on any atom is 0.160 e. The minimum absolute atomic E-state index is 0.0261. The molecule has 1 saturated heterocycles. The van der Waals surface area contributed by atoms with Crippen LogP contribution < -0.4 is 20.5 Å². The third kappa shape index (κ3) is 3.67. The number of hydrogen-bond donors (Lipinski definition) is 2. The first kappa shape index (κ1) is 16.1. The van der Waals surface area contributed by atoms with Crippen LogP contribution in [0.4, 0.5) is 0 Å². The molecule has 118 valence electrons. The summed E-state index contributed by atoms with van der Waals surface area (Å²) in [7, 11) is 3.32. The summed E-state index contributed by atoms with van der Waals surface area (Å²) in [6.45, 7) is 7.03. The van der Waals surface area contributed by atoms with E-state index in [1.807, 2.05) is 6.07 Å². The number of ether oxygens (including phenoxy) is 2. The van der Waals surface area contributed by atoms with Crippen molar-refractivity contribution in [2.24, 2.45) is 5.73 Å². The first-order valence-corrected chi connectivity index (χ1v) is 7.49. The van der Waals surface area contributed by atoms with Gasteiger partial charge < -0.3 is 20.5 Å². The number of methoxy groups -OCH3 is 2. The molecule has 1 unspecified atom stereocenters. The van der Waals surface area contributed by atoms with Gasteiger partial charge in [-0.3, -0.25) is 4.90 Å². The Morgan fingerprint density at radius 1 is 1.19 bits per heavy atom. The molecular weight excluding hydrogens is 266 g/mol. The van der Waals surface area contributed by atoms with Crippen molar-refractivity contribution in [3.05, 3.63) is 23.8 Å². The quantitative estimate of drug-likeness (QED) is 0.815. The molecule has 1 fully saturated rings. The highest BCUT2D eigenvalue weighted by atomic mass is 16.5. The molecule has 5 heteroatoms. The average molecular weight is 293 g/mol. The van der Waals surface area contributed by atoms with Crippen LogP contribution in [-0.4, -0.2) is 57.4 Å². The Kier molecular flexibility index (Phi) is 5.45. The zero-order valence-corrected chi connectivity index (χ0v) is 13.3. The summed E-state index contributed by atoms with van der Waals surface area (Å²) in [5.41, 5.74) is 7.29. The van der Waals surface area contributed by atoms with Gasteiger partial charge in [0.25, 0.3) is 0 Å². The molecule has 1 heterocycles. The third-order valence-electron chi connectivity index (χ3n) is 4.35. The topological polar surface area (TPSA) is 59.8 Å². The Bertz CT molecular complexity index is 461. The number of nitrogens with two attached hydrogens (primary N) is 1. The van der Waals surface area contributed by atoms with Crippen molar-refractivity contribution >= 4 is 0 Å². The van der Waals surface area contributed by atoms with E-state index in [9.17, 15) is 0 Å². The molecule has 1 aliphatic rings. The normalized spacial score (nSPS) is 19.0. The van der Waals surface area contributed by atoms with Gasteiger partial charge >= 0.3 is 0 Å². The van der Waals surface area contributed by atoms with Gasteiger partial charge in [-0.25, -0.2) is 0 Å². The second-order valence-electron chi connectivity index (χ2n) is 5.80. The van der Waals surface area contributed by atoms with Crippen LogP contribution in [0.3, 0.4) is 0 Å². The van der Waals surface area contributed by atoms with Crippen LogP contribution in [0.2, 0.25) is 0 Å². The molecule has 0 amide bonds. The predicted octanol–water partition coefficient (Wildman–Crippen LogP) is 0.869. The Morgan fingerprint density at radius 2 is 1.86 bits per heavy atom. The molecule has 1 aliphatic heterocycles. The monoisotopic (exact) mass is 293 g/mol. The van der Waals surface area contributed by atoms with Crippen molar-refractivity contribution in [2.45, 2.75) is 18.9 Å². The van der Waals surface area contributed by atoms with Crippen LogP contribution in [0.15, 0.2) is 18.2 Å². The lowest BCUT2D eigenvalue weighted by Crippen LogP contribution is -2.59. The molecule has 5 nitrogen and oxygen atoms in total. The van der Waals surface area contributed by atoms with Crippen molar-refractivity contribution in [3.8, 4) is 11.5 Å². The summed E-state index contributed by atoms with van der Waals surface area (Å²) in [6, 6.07) is 6.11. The highest BCUT2D eigenvalue weighted by molar-refractivity contribution is 5.43. The van der Waals surface area contributed by atoms with E-state index < -0.39 is 0 Å². The molecule has 1 atom stereocenters. The summed E-state index contributed by atoms with van der Waals surface area (Å²) in [4.78, 5) is 2.49. The van der Waals surface area contributed by atoms with Gasteiger partial charge in [-0.1, -0.05) is 6.07 Å². The highest BCUT2D eigenvalue weighted by Crippen LogP contribution is 2.30. The predicted molar refractivity (Wildman–Crippen MR) is 85.2 cm³/mol. The van der Waals surface area contributed by atoms with Crippen LogP contribution in [0.5, 0.6) is 11.5 Å². The number of benzene rings is 1. The number of piperazine rings is 1. The van der Waals surface area contributed by atoms with Crippen LogP contribution in [0, 0.1) is 0 Å². The van der Waals surface area contributed by atoms with Crippen LogP contribution >= 0.6 is 0 Å². The summed E-state index contributed by atoms with van der Waals surface area (Å²) >= 11 is 0. The fraction of sp³-hybridized carbons (Fsp3) is 0.625. The minimum atomic E-state index is -0.0261. The number of nitrogens with one attached hydrogen (secondary N) is 1. The van der Waals surface area contributed by atoms with Gasteiger partial charge in [-0.2, -0.15) is 0 Å². The van der Waals surface area contributed by atoms with Crippen molar-refractivity contribution in [1.82, 2.24) is 10.2 Å². The standard InChI is InChI=1S/C16H27N3O2/c1-16(12-17,19-8-6-18-7-9-19)11-13-4-5-14(20-2)15(10-13)21-3/h4-5,10,18H,6-9,11-12,17H2,1-3H3. The van der Waals surface area contributed by atoms with Gasteiger partial charge in [0, 0.05) is 38.3 Å². The first-order valence-electron chi connectivity index (χ1n) is 7.49. The van der Waals surface area contributed by atoms with E-state index in [-0.39, 0.29) is 5.54 Å². The van der Waals surface area contributed by atoms with E-state index in [0.717, 1.165) is 44.1 Å².